The third-order valence-corrected chi connectivity index (χ3v) is 7.26. The summed E-state index contributed by atoms with van der Waals surface area (Å²) >= 11 is 6.59. The van der Waals surface area contributed by atoms with Gasteiger partial charge in [-0.3, -0.25) is 9.78 Å². The summed E-state index contributed by atoms with van der Waals surface area (Å²) in [6.45, 7) is 9.21. The lowest BCUT2D eigenvalue weighted by Crippen LogP contribution is -2.18. The number of rotatable bonds is 11. The molecule has 11 heteroatoms. The normalized spacial score (nSPS) is 14.3. The summed E-state index contributed by atoms with van der Waals surface area (Å²) in [6.07, 6.45) is 5.31. The van der Waals surface area contributed by atoms with Gasteiger partial charge in [-0.1, -0.05) is 41.9 Å². The number of benzene rings is 3. The number of hydrogen-bond acceptors (Lipinski definition) is 8. The van der Waals surface area contributed by atoms with Gasteiger partial charge in [0.15, 0.2) is 5.69 Å². The Labute approximate surface area is 266 Å². The van der Waals surface area contributed by atoms with Crippen LogP contribution in [0.15, 0.2) is 72.9 Å². The second-order valence-corrected chi connectivity index (χ2v) is 11.0. The lowest BCUT2D eigenvalue weighted by atomic mass is 10.1. The van der Waals surface area contributed by atoms with E-state index in [-0.39, 0.29) is 18.6 Å². The van der Waals surface area contributed by atoms with E-state index in [0.29, 0.717) is 75.5 Å². The minimum absolute atomic E-state index is 0.156. The number of pyridine rings is 1. The topological polar surface area (TPSA) is 113 Å². The Morgan fingerprint density at radius 1 is 1.24 bits per heavy atom. The average Bonchev–Trinajstić information content (AvgIpc) is 3.54. The Kier molecular flexibility index (Phi) is 10.1. The van der Waals surface area contributed by atoms with Crippen LogP contribution in [0.1, 0.15) is 17.5 Å². The predicted molar refractivity (Wildman–Crippen MR) is 174 cm³/mol. The second-order valence-electron chi connectivity index (χ2n) is 10.6. The van der Waals surface area contributed by atoms with Crippen LogP contribution in [0.5, 0.6) is 11.5 Å². The molecule has 0 aliphatic carbocycles. The molecule has 1 fully saturated rings. The zero-order chi connectivity index (χ0) is 31.8. The maximum Gasteiger partial charge on any atom is 0.248 e. The molecule has 5 rings (SSSR count). The van der Waals surface area contributed by atoms with E-state index in [2.05, 4.69) is 26.5 Å². The highest BCUT2D eigenvalue weighted by molar-refractivity contribution is 6.32. The number of likely N-dealkylation sites (N-methyl/N-ethyl adjacent to an activating group) is 1. The SMILES string of the molecule is [C-]#[N+]c1ccccc1COc1ccc(Nc2c(C#N)cnc3cc(OC4CCOC4)c(NC(=O)/C=C/CN(C)C)cc23)cc1Cl. The molecule has 10 nitrogen and oxygen atoms in total. The van der Waals surface area contributed by atoms with E-state index < -0.39 is 0 Å². The van der Waals surface area contributed by atoms with E-state index in [1.54, 1.807) is 48.5 Å². The van der Waals surface area contributed by atoms with E-state index >= 15 is 0 Å². The molecule has 3 aromatic carbocycles. The zero-order valence-electron chi connectivity index (χ0n) is 24.8. The molecule has 1 aliphatic rings. The highest BCUT2D eigenvalue weighted by Crippen LogP contribution is 2.38. The Hall–Kier alpha value is -5.13. The van der Waals surface area contributed by atoms with Crippen LogP contribution in [0.2, 0.25) is 5.02 Å². The fraction of sp³-hybridized carbons (Fsp3) is 0.235. The first-order valence-electron chi connectivity index (χ1n) is 14.2. The number of halogens is 1. The molecule has 1 aliphatic heterocycles. The molecule has 0 spiro atoms. The lowest BCUT2D eigenvalue weighted by Gasteiger charge is -2.19. The van der Waals surface area contributed by atoms with Gasteiger partial charge in [0.05, 0.1) is 47.3 Å². The van der Waals surface area contributed by atoms with Gasteiger partial charge in [-0.2, -0.15) is 5.26 Å². The molecular formula is C34H31ClN6O4. The Balaban J connectivity index is 1.45. The fourth-order valence-electron chi connectivity index (χ4n) is 4.70. The molecule has 45 heavy (non-hydrogen) atoms. The standard InChI is InChI=1S/C34H31ClN6O4/c1-37-28-8-5-4-7-22(28)20-44-31-11-10-24(15-27(31)35)39-34-23(18-36)19-38-29-17-32(45-25-12-14-43-21-25)30(16-26(29)34)40-33(42)9-6-13-41(2)3/h4-11,15-17,19,25H,12-14,20-21H2,2-3H3,(H,38,39)(H,40,42)/b9-6+. The Bertz CT molecular complexity index is 1820. The van der Waals surface area contributed by atoms with Crippen LogP contribution in [0.4, 0.5) is 22.7 Å². The molecule has 1 amide bonds. The number of ether oxygens (including phenoxy) is 3. The van der Waals surface area contributed by atoms with Crippen LogP contribution in [-0.2, 0) is 16.1 Å². The van der Waals surface area contributed by atoms with Gasteiger partial charge in [-0.25, -0.2) is 4.85 Å². The molecule has 0 radical (unpaired) electrons. The average molecular weight is 623 g/mol. The van der Waals surface area contributed by atoms with Crippen molar-refractivity contribution in [3.05, 3.63) is 101 Å². The largest absolute Gasteiger partial charge is 0.489 e. The zero-order valence-corrected chi connectivity index (χ0v) is 25.6. The Morgan fingerprint density at radius 2 is 2.09 bits per heavy atom. The molecular weight excluding hydrogens is 592 g/mol. The molecule has 0 saturated carbocycles. The number of nitrogens with one attached hydrogen (secondary N) is 2. The minimum atomic E-state index is -0.316. The van der Waals surface area contributed by atoms with Gasteiger partial charge in [-0.15, -0.1) is 0 Å². The summed E-state index contributed by atoms with van der Waals surface area (Å²) in [5, 5.41) is 17.1. The predicted octanol–water partition coefficient (Wildman–Crippen LogP) is 6.86. The number of para-hydroxylation sites is 1. The van der Waals surface area contributed by atoms with Gasteiger partial charge in [0.1, 0.15) is 30.3 Å². The maximum absolute atomic E-state index is 12.8. The molecule has 1 unspecified atom stereocenters. The van der Waals surface area contributed by atoms with Crippen molar-refractivity contribution in [3.8, 4) is 17.6 Å². The first kappa shape index (κ1) is 31.3. The summed E-state index contributed by atoms with van der Waals surface area (Å²) < 4.78 is 17.6. The number of anilines is 3. The maximum atomic E-state index is 12.8. The fourth-order valence-corrected chi connectivity index (χ4v) is 4.94. The van der Waals surface area contributed by atoms with Crippen molar-refractivity contribution in [2.24, 2.45) is 0 Å². The smallest absolute Gasteiger partial charge is 0.248 e. The van der Waals surface area contributed by atoms with Crippen LogP contribution in [0.25, 0.3) is 15.7 Å². The van der Waals surface area contributed by atoms with Gasteiger partial charge < -0.3 is 29.7 Å². The number of carbonyl (C=O) groups excluding carboxylic acids is 1. The van der Waals surface area contributed by atoms with E-state index in [0.717, 1.165) is 12.0 Å². The third kappa shape index (κ3) is 7.88. The second kappa shape index (κ2) is 14.6. The molecule has 2 N–H and O–H groups in total. The van der Waals surface area contributed by atoms with Crippen molar-refractivity contribution in [2.75, 3.05) is 44.5 Å². The summed E-state index contributed by atoms with van der Waals surface area (Å²) in [7, 11) is 3.83. The summed E-state index contributed by atoms with van der Waals surface area (Å²) in [5.74, 6) is 0.593. The number of nitrogens with zero attached hydrogens (tertiary/aromatic N) is 4. The molecule has 1 aromatic heterocycles. The molecule has 1 atom stereocenters. The van der Waals surface area contributed by atoms with E-state index in [1.807, 2.05) is 31.1 Å². The van der Waals surface area contributed by atoms with Crippen LogP contribution in [0.3, 0.4) is 0 Å². The van der Waals surface area contributed by atoms with Gasteiger partial charge in [0.25, 0.3) is 0 Å². The third-order valence-electron chi connectivity index (χ3n) is 6.97. The van der Waals surface area contributed by atoms with Crippen LogP contribution in [-0.4, -0.2) is 55.7 Å². The number of aromatic nitrogens is 1. The van der Waals surface area contributed by atoms with Crippen molar-refractivity contribution >= 4 is 51.2 Å². The minimum Gasteiger partial charge on any atom is -0.489 e. The van der Waals surface area contributed by atoms with E-state index in [4.69, 9.17) is 32.4 Å². The van der Waals surface area contributed by atoms with Crippen molar-refractivity contribution in [2.45, 2.75) is 19.1 Å². The van der Waals surface area contributed by atoms with Gasteiger partial charge >= 0.3 is 0 Å². The summed E-state index contributed by atoms with van der Waals surface area (Å²) in [6, 6.07) is 18.1. The molecule has 2 heterocycles. The van der Waals surface area contributed by atoms with Gasteiger partial charge in [0, 0.05) is 42.4 Å². The van der Waals surface area contributed by atoms with Crippen molar-refractivity contribution in [1.29, 1.82) is 5.26 Å². The van der Waals surface area contributed by atoms with Gasteiger partial charge in [-0.05, 0) is 43.9 Å². The quantitative estimate of drug-likeness (QED) is 0.138. The highest BCUT2D eigenvalue weighted by Gasteiger charge is 2.21. The summed E-state index contributed by atoms with van der Waals surface area (Å²) in [5.41, 5.74) is 3.69. The van der Waals surface area contributed by atoms with Gasteiger partial charge in [0.2, 0.25) is 5.91 Å². The first-order chi connectivity index (χ1) is 21.8. The number of hydrogen-bond donors (Lipinski definition) is 2. The first-order valence-corrected chi connectivity index (χ1v) is 14.6. The molecule has 0 bridgehead atoms. The lowest BCUT2D eigenvalue weighted by molar-refractivity contribution is -0.111. The van der Waals surface area contributed by atoms with Crippen molar-refractivity contribution in [3.63, 3.8) is 0 Å². The Morgan fingerprint density at radius 3 is 2.82 bits per heavy atom. The number of fused-ring (bicyclic) bond motifs is 1. The van der Waals surface area contributed by atoms with Crippen LogP contribution >= 0.6 is 11.6 Å². The number of nitriles is 1. The highest BCUT2D eigenvalue weighted by atomic mass is 35.5. The van der Waals surface area contributed by atoms with Crippen LogP contribution in [0, 0.1) is 17.9 Å². The molecule has 1 saturated heterocycles. The van der Waals surface area contributed by atoms with E-state index in [9.17, 15) is 10.1 Å². The van der Waals surface area contributed by atoms with Crippen LogP contribution < -0.4 is 20.1 Å². The van der Waals surface area contributed by atoms with E-state index in [1.165, 1.54) is 12.3 Å². The molecule has 228 valence electrons. The summed E-state index contributed by atoms with van der Waals surface area (Å²) in [4.78, 5) is 22.8. The molecule has 4 aromatic rings. The number of carbonyl (C=O) groups is 1. The monoisotopic (exact) mass is 622 g/mol. The van der Waals surface area contributed by atoms with Crippen molar-refractivity contribution in [1.82, 2.24) is 9.88 Å². The van der Waals surface area contributed by atoms with Crippen molar-refractivity contribution < 1.29 is 19.0 Å². The number of amides is 1.